The number of nitrogens with zero attached hydrogens (tertiary/aromatic N) is 1. The molecule has 1 amide bonds. The van der Waals surface area contributed by atoms with E-state index in [9.17, 15) is 4.79 Å². The maximum atomic E-state index is 11.4. The summed E-state index contributed by atoms with van der Waals surface area (Å²) in [6, 6.07) is 7.74. The van der Waals surface area contributed by atoms with Crippen LogP contribution in [0.2, 0.25) is 0 Å². The average Bonchev–Trinajstić information content (AvgIpc) is 2.84. The minimum absolute atomic E-state index is 0.00550. The number of amides is 1. The van der Waals surface area contributed by atoms with Crippen LogP contribution in [0.25, 0.3) is 0 Å². The van der Waals surface area contributed by atoms with Gasteiger partial charge in [-0.1, -0.05) is 18.2 Å². The second-order valence-electron chi connectivity index (χ2n) is 4.25. The van der Waals surface area contributed by atoms with Crippen LogP contribution in [0.3, 0.4) is 0 Å². The number of hydrogen-bond acceptors (Lipinski definition) is 4. The molecule has 0 radical (unpaired) electrons. The van der Waals surface area contributed by atoms with Crippen LogP contribution in [0, 0.1) is 0 Å². The molecule has 0 spiro atoms. The van der Waals surface area contributed by atoms with E-state index in [4.69, 9.17) is 9.47 Å². The summed E-state index contributed by atoms with van der Waals surface area (Å²) in [6.07, 6.45) is 2.21. The van der Waals surface area contributed by atoms with Gasteiger partial charge in [-0.2, -0.15) is 0 Å². The number of carbonyl (C=O) groups excluding carboxylic acids is 1. The molecule has 0 saturated carbocycles. The van der Waals surface area contributed by atoms with Crippen molar-refractivity contribution in [1.82, 2.24) is 10.4 Å². The van der Waals surface area contributed by atoms with Gasteiger partial charge >= 0.3 is 6.09 Å². The Morgan fingerprint density at radius 2 is 2.26 bits per heavy atom. The van der Waals surface area contributed by atoms with E-state index in [1.165, 1.54) is 5.01 Å². The van der Waals surface area contributed by atoms with E-state index in [0.717, 1.165) is 17.7 Å². The van der Waals surface area contributed by atoms with Crippen LogP contribution in [0.15, 0.2) is 36.9 Å². The molecule has 1 heterocycles. The fourth-order valence-electron chi connectivity index (χ4n) is 1.97. The summed E-state index contributed by atoms with van der Waals surface area (Å²) in [6.45, 7) is 4.74. The monoisotopic (exact) mass is 262 g/mol. The summed E-state index contributed by atoms with van der Waals surface area (Å²) in [5.74, 6) is 0.807. The fraction of sp³-hybridized carbons (Fsp3) is 0.357. The molecular weight excluding hydrogens is 244 g/mol. The zero-order valence-corrected chi connectivity index (χ0v) is 11.0. The number of carbonyl (C=O) groups is 1. The predicted molar refractivity (Wildman–Crippen MR) is 71.7 cm³/mol. The SMILES string of the molecule is C=CC[C@H](NN1CCOC1=O)c1ccc(OC)cc1. The second kappa shape index (κ2) is 6.24. The molecule has 0 unspecified atom stereocenters. The molecule has 2 rings (SSSR count). The highest BCUT2D eigenvalue weighted by Crippen LogP contribution is 2.21. The first kappa shape index (κ1) is 13.4. The smallest absolute Gasteiger partial charge is 0.424 e. The van der Waals surface area contributed by atoms with Crippen LogP contribution >= 0.6 is 0 Å². The molecule has 1 N–H and O–H groups in total. The molecular formula is C14H18N2O3. The molecule has 0 aromatic heterocycles. The van der Waals surface area contributed by atoms with E-state index < -0.39 is 0 Å². The average molecular weight is 262 g/mol. The molecule has 1 aromatic carbocycles. The Hall–Kier alpha value is -2.01. The van der Waals surface area contributed by atoms with E-state index >= 15 is 0 Å². The molecule has 19 heavy (non-hydrogen) atoms. The van der Waals surface area contributed by atoms with Crippen molar-refractivity contribution >= 4 is 6.09 Å². The molecule has 5 nitrogen and oxygen atoms in total. The summed E-state index contributed by atoms with van der Waals surface area (Å²) in [5.41, 5.74) is 4.24. The normalized spacial score (nSPS) is 16.1. The second-order valence-corrected chi connectivity index (χ2v) is 4.25. The number of hydrogen-bond donors (Lipinski definition) is 1. The van der Waals surface area contributed by atoms with Gasteiger partial charge in [-0.15, -0.1) is 6.58 Å². The Bertz CT molecular complexity index is 445. The van der Waals surface area contributed by atoms with Gasteiger partial charge in [0.2, 0.25) is 0 Å². The Balaban J connectivity index is 2.09. The molecule has 0 bridgehead atoms. The third-order valence-electron chi connectivity index (χ3n) is 2.99. The number of hydrazine groups is 1. The first-order chi connectivity index (χ1) is 9.24. The molecule has 1 aliphatic rings. The van der Waals surface area contributed by atoms with Crippen molar-refractivity contribution < 1.29 is 14.3 Å². The lowest BCUT2D eigenvalue weighted by atomic mass is 10.0. The highest BCUT2D eigenvalue weighted by molar-refractivity contribution is 5.68. The van der Waals surface area contributed by atoms with E-state index in [1.807, 2.05) is 30.3 Å². The summed E-state index contributed by atoms with van der Waals surface area (Å²) in [5, 5.41) is 1.50. The minimum Gasteiger partial charge on any atom is -0.497 e. The van der Waals surface area contributed by atoms with Gasteiger partial charge in [0, 0.05) is 0 Å². The van der Waals surface area contributed by atoms with E-state index in [-0.39, 0.29) is 12.1 Å². The van der Waals surface area contributed by atoms with Crippen molar-refractivity contribution in [2.24, 2.45) is 0 Å². The minimum atomic E-state index is -0.331. The number of nitrogens with one attached hydrogen (secondary N) is 1. The molecule has 1 aromatic rings. The Kier molecular flexibility index (Phi) is 4.41. The Labute approximate surface area is 112 Å². The molecule has 1 saturated heterocycles. The topological polar surface area (TPSA) is 50.8 Å². The highest BCUT2D eigenvalue weighted by Gasteiger charge is 2.24. The van der Waals surface area contributed by atoms with Crippen molar-refractivity contribution in [3.05, 3.63) is 42.5 Å². The van der Waals surface area contributed by atoms with Gasteiger partial charge in [0.25, 0.3) is 0 Å². The Morgan fingerprint density at radius 1 is 1.53 bits per heavy atom. The first-order valence-electron chi connectivity index (χ1n) is 6.20. The van der Waals surface area contributed by atoms with Crippen molar-refractivity contribution in [2.45, 2.75) is 12.5 Å². The third kappa shape index (κ3) is 3.26. The van der Waals surface area contributed by atoms with Gasteiger partial charge in [0.15, 0.2) is 0 Å². The maximum Gasteiger partial charge on any atom is 0.424 e. The lowest BCUT2D eigenvalue weighted by Gasteiger charge is -2.23. The quantitative estimate of drug-likeness (QED) is 0.799. The van der Waals surface area contributed by atoms with Gasteiger partial charge in [0.1, 0.15) is 12.4 Å². The van der Waals surface area contributed by atoms with Crippen molar-refractivity contribution in [3.63, 3.8) is 0 Å². The van der Waals surface area contributed by atoms with Crippen LogP contribution < -0.4 is 10.2 Å². The summed E-state index contributed by atoms with van der Waals surface area (Å²) >= 11 is 0. The van der Waals surface area contributed by atoms with Gasteiger partial charge in [-0.05, 0) is 24.1 Å². The van der Waals surface area contributed by atoms with Gasteiger partial charge < -0.3 is 9.47 Å². The van der Waals surface area contributed by atoms with Crippen molar-refractivity contribution in [2.75, 3.05) is 20.3 Å². The summed E-state index contributed by atoms with van der Waals surface area (Å²) in [4.78, 5) is 11.4. The number of rotatable bonds is 6. The number of methoxy groups -OCH3 is 1. The standard InChI is InChI=1S/C14H18N2O3/c1-3-4-13(15-16-9-10-19-14(16)17)11-5-7-12(18-2)8-6-11/h3,5-8,13,15H,1,4,9-10H2,2H3/t13-/m0/s1. The fourth-order valence-corrected chi connectivity index (χ4v) is 1.97. The van der Waals surface area contributed by atoms with Crippen LogP contribution in [0.4, 0.5) is 4.79 Å². The lowest BCUT2D eigenvalue weighted by Crippen LogP contribution is -2.41. The van der Waals surface area contributed by atoms with Crippen LogP contribution in [0.1, 0.15) is 18.0 Å². The molecule has 1 aliphatic heterocycles. The van der Waals surface area contributed by atoms with Crippen LogP contribution in [0.5, 0.6) is 5.75 Å². The number of benzene rings is 1. The van der Waals surface area contributed by atoms with Gasteiger partial charge in [-0.3, -0.25) is 0 Å². The molecule has 0 aliphatic carbocycles. The van der Waals surface area contributed by atoms with Crippen LogP contribution in [-0.2, 0) is 4.74 Å². The summed E-state index contributed by atoms with van der Waals surface area (Å²) in [7, 11) is 1.63. The number of cyclic esters (lactones) is 1. The largest absolute Gasteiger partial charge is 0.497 e. The molecule has 1 atom stereocenters. The van der Waals surface area contributed by atoms with E-state index in [2.05, 4.69) is 12.0 Å². The van der Waals surface area contributed by atoms with Crippen molar-refractivity contribution in [3.8, 4) is 5.75 Å². The highest BCUT2D eigenvalue weighted by atomic mass is 16.6. The molecule has 102 valence electrons. The predicted octanol–water partition coefficient (Wildman–Crippen LogP) is 2.27. The lowest BCUT2D eigenvalue weighted by molar-refractivity contribution is 0.138. The first-order valence-corrected chi connectivity index (χ1v) is 6.20. The van der Waals surface area contributed by atoms with Crippen molar-refractivity contribution in [1.29, 1.82) is 0 Å². The third-order valence-corrected chi connectivity index (χ3v) is 2.99. The Morgan fingerprint density at radius 3 is 2.79 bits per heavy atom. The van der Waals surface area contributed by atoms with Gasteiger partial charge in [-0.25, -0.2) is 15.2 Å². The molecule has 5 heteroatoms. The molecule has 1 fully saturated rings. The number of ether oxygens (including phenoxy) is 2. The maximum absolute atomic E-state index is 11.4. The zero-order valence-electron chi connectivity index (χ0n) is 11.0. The summed E-state index contributed by atoms with van der Waals surface area (Å²) < 4.78 is 10.0. The van der Waals surface area contributed by atoms with E-state index in [1.54, 1.807) is 7.11 Å². The van der Waals surface area contributed by atoms with Gasteiger partial charge in [0.05, 0.1) is 19.7 Å². The van der Waals surface area contributed by atoms with Crippen LogP contribution in [-0.4, -0.2) is 31.4 Å². The zero-order chi connectivity index (χ0) is 13.7. The van der Waals surface area contributed by atoms with E-state index in [0.29, 0.717) is 13.2 Å².